The van der Waals surface area contributed by atoms with Gasteiger partial charge in [0.15, 0.2) is 0 Å². The van der Waals surface area contributed by atoms with Gasteiger partial charge >= 0.3 is 0 Å². The molecule has 1 saturated carbocycles. The molecule has 1 aliphatic carbocycles. The van der Waals surface area contributed by atoms with E-state index in [9.17, 15) is 0 Å². The highest BCUT2D eigenvalue weighted by Gasteiger charge is 2.34. The second kappa shape index (κ2) is 3.95. The second-order valence-electron chi connectivity index (χ2n) is 4.40. The van der Waals surface area contributed by atoms with Crippen molar-refractivity contribution in [3.63, 3.8) is 0 Å². The summed E-state index contributed by atoms with van der Waals surface area (Å²) in [4.78, 5) is 2.57. The van der Waals surface area contributed by atoms with Crippen LogP contribution in [-0.4, -0.2) is 47.8 Å². The first-order valence-corrected chi connectivity index (χ1v) is 5.41. The quantitative estimate of drug-likeness (QED) is 0.643. The van der Waals surface area contributed by atoms with E-state index < -0.39 is 0 Å². The van der Waals surface area contributed by atoms with Gasteiger partial charge in [0.2, 0.25) is 0 Å². The number of rotatable bonds is 2. The van der Waals surface area contributed by atoms with Gasteiger partial charge < -0.3 is 10.4 Å². The highest BCUT2D eigenvalue weighted by molar-refractivity contribution is 4.91. The molecular weight excluding hydrogens is 164 g/mol. The van der Waals surface area contributed by atoms with Gasteiger partial charge in [0.1, 0.15) is 0 Å². The molecule has 2 N–H and O–H groups in total. The molecule has 1 saturated heterocycles. The normalized spacial score (nSPS) is 37.4. The maximum atomic E-state index is 9.13. The molecule has 76 valence electrons. The maximum Gasteiger partial charge on any atom is 0.0597 e. The van der Waals surface area contributed by atoms with E-state index in [1.54, 1.807) is 0 Å². The van der Waals surface area contributed by atoms with Crippen molar-refractivity contribution in [1.82, 2.24) is 10.2 Å². The summed E-state index contributed by atoms with van der Waals surface area (Å²) in [6.07, 6.45) is 3.94. The van der Waals surface area contributed by atoms with Gasteiger partial charge in [-0.15, -0.1) is 0 Å². The lowest BCUT2D eigenvalue weighted by Crippen LogP contribution is -2.43. The van der Waals surface area contributed by atoms with E-state index in [1.165, 1.54) is 19.3 Å². The average molecular weight is 184 g/mol. The summed E-state index contributed by atoms with van der Waals surface area (Å²) in [5.74, 6) is 0. The van der Waals surface area contributed by atoms with Crippen molar-refractivity contribution in [2.24, 2.45) is 0 Å². The molecule has 3 nitrogen and oxygen atoms in total. The number of aliphatic hydroxyl groups excluding tert-OH is 1. The Hall–Kier alpha value is -0.120. The smallest absolute Gasteiger partial charge is 0.0597 e. The molecule has 0 bridgehead atoms. The van der Waals surface area contributed by atoms with Crippen LogP contribution in [0.4, 0.5) is 0 Å². The van der Waals surface area contributed by atoms with Gasteiger partial charge in [-0.2, -0.15) is 0 Å². The molecule has 0 radical (unpaired) electrons. The molecule has 0 aromatic rings. The van der Waals surface area contributed by atoms with Gasteiger partial charge in [0, 0.05) is 24.7 Å². The summed E-state index contributed by atoms with van der Waals surface area (Å²) in [5, 5.41) is 12.5. The summed E-state index contributed by atoms with van der Waals surface area (Å²) >= 11 is 0. The standard InChI is InChI=1S/C10H20N2O/c1-8-4-5-11-9(7-13)6-12(8)10-2-3-10/h8-11,13H,2-7H2,1H3. The van der Waals surface area contributed by atoms with Crippen LogP contribution in [0.25, 0.3) is 0 Å². The Bertz CT molecular complexity index is 170. The largest absolute Gasteiger partial charge is 0.395 e. The lowest BCUT2D eigenvalue weighted by atomic mass is 10.2. The number of hydrogen-bond acceptors (Lipinski definition) is 3. The third kappa shape index (κ3) is 2.22. The zero-order valence-electron chi connectivity index (χ0n) is 8.37. The van der Waals surface area contributed by atoms with Gasteiger partial charge in [-0.3, -0.25) is 4.90 Å². The van der Waals surface area contributed by atoms with Gasteiger partial charge in [0.25, 0.3) is 0 Å². The van der Waals surface area contributed by atoms with Crippen molar-refractivity contribution >= 4 is 0 Å². The molecule has 2 unspecified atom stereocenters. The van der Waals surface area contributed by atoms with Crippen molar-refractivity contribution in [1.29, 1.82) is 0 Å². The Morgan fingerprint density at radius 3 is 2.77 bits per heavy atom. The minimum atomic E-state index is 0.274. The molecule has 2 rings (SSSR count). The Kier molecular flexibility index (Phi) is 2.86. The monoisotopic (exact) mass is 184 g/mol. The zero-order valence-corrected chi connectivity index (χ0v) is 8.37. The van der Waals surface area contributed by atoms with E-state index in [2.05, 4.69) is 17.1 Å². The first-order chi connectivity index (χ1) is 6.31. The zero-order chi connectivity index (χ0) is 9.26. The second-order valence-corrected chi connectivity index (χ2v) is 4.40. The van der Waals surface area contributed by atoms with Crippen molar-refractivity contribution in [2.45, 2.75) is 44.3 Å². The summed E-state index contributed by atoms with van der Waals surface area (Å²) in [7, 11) is 0. The van der Waals surface area contributed by atoms with E-state index in [0.717, 1.165) is 19.1 Å². The van der Waals surface area contributed by atoms with Crippen LogP contribution in [0.3, 0.4) is 0 Å². The molecule has 2 fully saturated rings. The number of nitrogens with zero attached hydrogens (tertiary/aromatic N) is 1. The predicted octanol–water partition coefficient (Wildman–Crippen LogP) is 0.194. The molecule has 1 heterocycles. The van der Waals surface area contributed by atoms with E-state index in [-0.39, 0.29) is 6.61 Å². The van der Waals surface area contributed by atoms with Crippen LogP contribution in [0.2, 0.25) is 0 Å². The van der Waals surface area contributed by atoms with E-state index in [1.807, 2.05) is 0 Å². The summed E-state index contributed by atoms with van der Waals surface area (Å²) < 4.78 is 0. The van der Waals surface area contributed by atoms with Gasteiger partial charge in [-0.1, -0.05) is 0 Å². The average Bonchev–Trinajstić information content (AvgIpc) is 2.91. The molecule has 0 spiro atoms. The third-order valence-corrected chi connectivity index (χ3v) is 3.23. The van der Waals surface area contributed by atoms with Crippen molar-refractivity contribution in [3.8, 4) is 0 Å². The maximum absolute atomic E-state index is 9.13. The van der Waals surface area contributed by atoms with Crippen LogP contribution < -0.4 is 5.32 Å². The molecule has 1 aliphatic heterocycles. The minimum absolute atomic E-state index is 0.274. The molecular formula is C10H20N2O. The fraction of sp³-hybridized carbons (Fsp3) is 1.00. The van der Waals surface area contributed by atoms with Crippen LogP contribution in [0.15, 0.2) is 0 Å². The SMILES string of the molecule is CC1CCNC(CO)CN1C1CC1. The van der Waals surface area contributed by atoms with Crippen molar-refractivity contribution in [3.05, 3.63) is 0 Å². The fourth-order valence-corrected chi connectivity index (χ4v) is 2.20. The Morgan fingerprint density at radius 2 is 2.15 bits per heavy atom. The predicted molar refractivity (Wildman–Crippen MR) is 52.7 cm³/mol. The summed E-state index contributed by atoms with van der Waals surface area (Å²) in [6.45, 7) is 4.66. The summed E-state index contributed by atoms with van der Waals surface area (Å²) in [5.41, 5.74) is 0. The summed E-state index contributed by atoms with van der Waals surface area (Å²) in [6, 6.07) is 1.81. The molecule has 0 amide bonds. The topological polar surface area (TPSA) is 35.5 Å². The fourth-order valence-electron chi connectivity index (χ4n) is 2.20. The first-order valence-electron chi connectivity index (χ1n) is 5.41. The molecule has 2 aliphatic rings. The first kappa shape index (κ1) is 9.44. The molecule has 2 atom stereocenters. The van der Waals surface area contributed by atoms with E-state index in [4.69, 9.17) is 5.11 Å². The van der Waals surface area contributed by atoms with Crippen molar-refractivity contribution < 1.29 is 5.11 Å². The van der Waals surface area contributed by atoms with Crippen LogP contribution in [0, 0.1) is 0 Å². The van der Waals surface area contributed by atoms with Crippen molar-refractivity contribution in [2.75, 3.05) is 19.7 Å². The van der Waals surface area contributed by atoms with Gasteiger partial charge in [0.05, 0.1) is 6.61 Å². The molecule has 3 heteroatoms. The van der Waals surface area contributed by atoms with Crippen LogP contribution in [-0.2, 0) is 0 Å². The highest BCUT2D eigenvalue weighted by Crippen LogP contribution is 2.30. The lowest BCUT2D eigenvalue weighted by molar-refractivity contribution is 0.164. The lowest BCUT2D eigenvalue weighted by Gasteiger charge is -2.28. The van der Waals surface area contributed by atoms with Crippen LogP contribution >= 0.6 is 0 Å². The number of nitrogens with one attached hydrogen (secondary N) is 1. The third-order valence-electron chi connectivity index (χ3n) is 3.23. The minimum Gasteiger partial charge on any atom is -0.395 e. The molecule has 13 heavy (non-hydrogen) atoms. The molecule has 0 aromatic carbocycles. The van der Waals surface area contributed by atoms with Gasteiger partial charge in [-0.25, -0.2) is 0 Å². The Balaban J connectivity index is 1.95. The Morgan fingerprint density at radius 1 is 1.38 bits per heavy atom. The van der Waals surface area contributed by atoms with E-state index >= 15 is 0 Å². The highest BCUT2D eigenvalue weighted by atomic mass is 16.3. The van der Waals surface area contributed by atoms with Gasteiger partial charge in [-0.05, 0) is 32.7 Å². The molecule has 0 aromatic heterocycles. The number of hydrogen-bond donors (Lipinski definition) is 2. The Labute approximate surface area is 80.1 Å². The van der Waals surface area contributed by atoms with Crippen LogP contribution in [0.5, 0.6) is 0 Å². The van der Waals surface area contributed by atoms with E-state index in [0.29, 0.717) is 12.1 Å². The number of aliphatic hydroxyl groups is 1. The van der Waals surface area contributed by atoms with Crippen LogP contribution in [0.1, 0.15) is 26.2 Å².